The van der Waals surface area contributed by atoms with Crippen LogP contribution in [0.2, 0.25) is 0 Å². The van der Waals surface area contributed by atoms with Crippen molar-refractivity contribution < 1.29 is 23.8 Å². The molecule has 0 bridgehead atoms. The van der Waals surface area contributed by atoms with Crippen LogP contribution in [-0.4, -0.2) is 37.9 Å². The first-order chi connectivity index (χ1) is 34.6. The second-order valence-corrected chi connectivity index (χ2v) is 20.2. The second kappa shape index (κ2) is 60.6. The average Bonchev–Trinajstić information content (AvgIpc) is 3.36. The molecular formula is C65H116O5. The van der Waals surface area contributed by atoms with Gasteiger partial charge in [-0.05, 0) is 89.9 Å². The predicted molar refractivity (Wildman–Crippen MR) is 307 cm³/mol. The van der Waals surface area contributed by atoms with Crippen LogP contribution in [-0.2, 0) is 23.8 Å². The summed E-state index contributed by atoms with van der Waals surface area (Å²) in [7, 11) is 0. The summed E-state index contributed by atoms with van der Waals surface area (Å²) in [6.07, 6.45) is 79.2. The number of hydrogen-bond donors (Lipinski definition) is 0. The van der Waals surface area contributed by atoms with Crippen molar-refractivity contribution in [1.29, 1.82) is 0 Å². The van der Waals surface area contributed by atoms with Gasteiger partial charge in [0.05, 0.1) is 6.61 Å². The molecule has 0 aliphatic carbocycles. The zero-order valence-corrected chi connectivity index (χ0v) is 46.8. The van der Waals surface area contributed by atoms with Crippen LogP contribution < -0.4 is 0 Å². The number of carbonyl (C=O) groups is 2. The van der Waals surface area contributed by atoms with Crippen molar-refractivity contribution in [3.8, 4) is 0 Å². The largest absolute Gasteiger partial charge is 0.462 e. The number of carbonyl (C=O) groups excluding carboxylic acids is 2. The molecule has 0 rings (SSSR count). The summed E-state index contributed by atoms with van der Waals surface area (Å²) in [4.78, 5) is 25.6. The number of ether oxygens (including phenoxy) is 3. The van der Waals surface area contributed by atoms with Gasteiger partial charge in [-0.15, -0.1) is 0 Å². The normalized spacial score (nSPS) is 12.7. The van der Waals surface area contributed by atoms with Crippen LogP contribution in [0, 0.1) is 0 Å². The lowest BCUT2D eigenvalue weighted by Crippen LogP contribution is -2.30. The molecule has 5 nitrogen and oxygen atoms in total. The van der Waals surface area contributed by atoms with E-state index in [9.17, 15) is 9.59 Å². The van der Waals surface area contributed by atoms with Gasteiger partial charge in [-0.1, -0.05) is 273 Å². The van der Waals surface area contributed by atoms with Crippen molar-refractivity contribution in [2.24, 2.45) is 0 Å². The number of hydrogen-bond acceptors (Lipinski definition) is 5. The standard InChI is InChI=1S/C65H116O5/c1-4-7-10-13-16-19-22-25-28-31-33-35-37-40-43-46-49-52-55-58-64(66)69-62-63(61-68-60-57-54-51-48-45-42-39-30-27-24-21-18-15-12-9-6-3)70-65(67)59-56-53-50-47-44-41-38-36-34-32-29-26-23-20-17-14-11-8-5-2/h7,10,16-17,19-20,25-26,28-29,33,35,63H,4-6,8-9,11-15,18,21-24,27,30-32,34,36-62H2,1-3H3/b10-7-,19-16-,20-17-,28-25-,29-26-,35-33-. The Morgan fingerprint density at radius 1 is 0.329 bits per heavy atom. The molecule has 0 N–H and O–H groups in total. The minimum absolute atomic E-state index is 0.0770. The Kier molecular flexibility index (Phi) is 58.3. The molecule has 0 aromatic rings. The summed E-state index contributed by atoms with van der Waals surface area (Å²) in [6.45, 7) is 7.72. The Morgan fingerprint density at radius 3 is 1.06 bits per heavy atom. The Hall–Kier alpha value is -2.66. The van der Waals surface area contributed by atoms with E-state index < -0.39 is 6.10 Å². The van der Waals surface area contributed by atoms with Crippen LogP contribution in [0.1, 0.15) is 303 Å². The molecule has 0 saturated carbocycles. The third kappa shape index (κ3) is 57.9. The molecular weight excluding hydrogens is 861 g/mol. The maximum Gasteiger partial charge on any atom is 0.306 e. The number of esters is 2. The van der Waals surface area contributed by atoms with Crippen molar-refractivity contribution in [1.82, 2.24) is 0 Å². The van der Waals surface area contributed by atoms with Gasteiger partial charge in [-0.2, -0.15) is 0 Å². The highest BCUT2D eigenvalue weighted by Crippen LogP contribution is 2.16. The lowest BCUT2D eigenvalue weighted by molar-refractivity contribution is -0.163. The van der Waals surface area contributed by atoms with Gasteiger partial charge >= 0.3 is 11.9 Å². The topological polar surface area (TPSA) is 61.8 Å². The first kappa shape index (κ1) is 67.3. The van der Waals surface area contributed by atoms with E-state index in [-0.39, 0.29) is 25.2 Å². The van der Waals surface area contributed by atoms with Crippen LogP contribution in [0.4, 0.5) is 0 Å². The smallest absolute Gasteiger partial charge is 0.306 e. The van der Waals surface area contributed by atoms with Gasteiger partial charge in [0.15, 0.2) is 6.10 Å². The first-order valence-electron chi connectivity index (χ1n) is 30.5. The number of allylic oxidation sites excluding steroid dienone is 12. The van der Waals surface area contributed by atoms with Gasteiger partial charge in [0.1, 0.15) is 6.61 Å². The molecule has 0 aliphatic heterocycles. The summed E-state index contributed by atoms with van der Waals surface area (Å²) in [5, 5.41) is 0. The van der Waals surface area contributed by atoms with Crippen LogP contribution in [0.25, 0.3) is 0 Å². The molecule has 0 fully saturated rings. The van der Waals surface area contributed by atoms with Gasteiger partial charge in [0.2, 0.25) is 0 Å². The Morgan fingerprint density at radius 2 is 0.643 bits per heavy atom. The van der Waals surface area contributed by atoms with E-state index in [0.29, 0.717) is 19.4 Å². The fourth-order valence-corrected chi connectivity index (χ4v) is 8.71. The van der Waals surface area contributed by atoms with Gasteiger partial charge in [0, 0.05) is 19.4 Å². The highest BCUT2D eigenvalue weighted by molar-refractivity contribution is 5.70. The average molecular weight is 978 g/mol. The van der Waals surface area contributed by atoms with E-state index >= 15 is 0 Å². The van der Waals surface area contributed by atoms with Crippen molar-refractivity contribution in [3.05, 3.63) is 72.9 Å². The molecule has 70 heavy (non-hydrogen) atoms. The minimum Gasteiger partial charge on any atom is -0.462 e. The minimum atomic E-state index is -0.546. The highest BCUT2D eigenvalue weighted by Gasteiger charge is 2.17. The maximum absolute atomic E-state index is 12.9. The molecule has 0 spiro atoms. The first-order valence-corrected chi connectivity index (χ1v) is 30.5. The Bertz CT molecular complexity index is 1240. The zero-order chi connectivity index (χ0) is 50.6. The molecule has 0 amide bonds. The van der Waals surface area contributed by atoms with Gasteiger partial charge in [-0.25, -0.2) is 0 Å². The van der Waals surface area contributed by atoms with E-state index in [2.05, 4.69) is 93.7 Å². The summed E-state index contributed by atoms with van der Waals surface area (Å²) in [6, 6.07) is 0. The molecule has 0 saturated heterocycles. The summed E-state index contributed by atoms with van der Waals surface area (Å²) in [5.74, 6) is -0.405. The van der Waals surface area contributed by atoms with Gasteiger partial charge in [0.25, 0.3) is 0 Å². The van der Waals surface area contributed by atoms with E-state index in [4.69, 9.17) is 14.2 Å². The molecule has 0 heterocycles. The summed E-state index contributed by atoms with van der Waals surface area (Å²) < 4.78 is 17.5. The molecule has 0 radical (unpaired) electrons. The van der Waals surface area contributed by atoms with Crippen LogP contribution in [0.3, 0.4) is 0 Å². The predicted octanol–water partition coefficient (Wildman–Crippen LogP) is 21.0. The molecule has 1 unspecified atom stereocenters. The molecule has 0 aromatic heterocycles. The fraction of sp³-hybridized carbons (Fsp3) is 0.785. The fourth-order valence-electron chi connectivity index (χ4n) is 8.71. The summed E-state index contributed by atoms with van der Waals surface area (Å²) in [5.41, 5.74) is 0. The molecule has 0 aliphatic rings. The maximum atomic E-state index is 12.9. The molecule has 5 heteroatoms. The van der Waals surface area contributed by atoms with Crippen LogP contribution in [0.5, 0.6) is 0 Å². The van der Waals surface area contributed by atoms with Crippen molar-refractivity contribution in [3.63, 3.8) is 0 Å². The van der Waals surface area contributed by atoms with E-state index in [0.717, 1.165) is 89.9 Å². The molecule has 406 valence electrons. The monoisotopic (exact) mass is 977 g/mol. The van der Waals surface area contributed by atoms with E-state index in [1.807, 2.05) is 0 Å². The third-order valence-corrected chi connectivity index (χ3v) is 13.2. The number of unbranched alkanes of at least 4 members (excludes halogenated alkanes) is 33. The zero-order valence-electron chi connectivity index (χ0n) is 46.8. The van der Waals surface area contributed by atoms with Crippen molar-refractivity contribution >= 4 is 11.9 Å². The van der Waals surface area contributed by atoms with Gasteiger partial charge < -0.3 is 14.2 Å². The SMILES string of the molecule is CC/C=C\C/C=C\C/C=C\C/C=C\CCCCCCCCC(=O)OCC(COCCCCCCCCCCCCCCCCCC)OC(=O)CCCCCCCCCCC/C=C\C/C=C\CCCCC. The number of rotatable bonds is 56. The lowest BCUT2D eigenvalue weighted by atomic mass is 10.0. The third-order valence-electron chi connectivity index (χ3n) is 13.2. The van der Waals surface area contributed by atoms with E-state index in [1.54, 1.807) is 0 Å². The summed E-state index contributed by atoms with van der Waals surface area (Å²) >= 11 is 0. The van der Waals surface area contributed by atoms with Gasteiger partial charge in [-0.3, -0.25) is 9.59 Å². The van der Waals surface area contributed by atoms with Crippen LogP contribution in [0.15, 0.2) is 72.9 Å². The highest BCUT2D eigenvalue weighted by atomic mass is 16.6. The molecule has 1 atom stereocenters. The quantitative estimate of drug-likeness (QED) is 0.0345. The van der Waals surface area contributed by atoms with E-state index in [1.165, 1.54) is 180 Å². The van der Waals surface area contributed by atoms with Crippen molar-refractivity contribution in [2.45, 2.75) is 309 Å². The second-order valence-electron chi connectivity index (χ2n) is 20.2. The molecule has 0 aromatic carbocycles. The Balaban J connectivity index is 4.29. The Labute approximate surface area is 436 Å². The van der Waals surface area contributed by atoms with Crippen LogP contribution >= 0.6 is 0 Å². The lowest BCUT2D eigenvalue weighted by Gasteiger charge is -2.18. The van der Waals surface area contributed by atoms with Crippen molar-refractivity contribution in [2.75, 3.05) is 19.8 Å².